The van der Waals surface area contributed by atoms with Gasteiger partial charge in [-0.15, -0.1) is 0 Å². The van der Waals surface area contributed by atoms with Gasteiger partial charge in [-0.2, -0.15) is 0 Å². The van der Waals surface area contributed by atoms with E-state index in [2.05, 4.69) is 19.2 Å². The topological polar surface area (TPSA) is 64.3 Å². The lowest BCUT2D eigenvalue weighted by molar-refractivity contribution is -0.120. The molecule has 0 aliphatic heterocycles. The Morgan fingerprint density at radius 1 is 1.32 bits per heavy atom. The van der Waals surface area contributed by atoms with Gasteiger partial charge in [0.25, 0.3) is 0 Å². The van der Waals surface area contributed by atoms with Gasteiger partial charge in [-0.3, -0.25) is 4.79 Å². The minimum Gasteiger partial charge on any atom is -0.497 e. The second-order valence-electron chi connectivity index (χ2n) is 5.50. The Bertz CT molecular complexity index is 399. The van der Waals surface area contributed by atoms with Crippen LogP contribution < -0.4 is 15.8 Å². The van der Waals surface area contributed by atoms with E-state index in [1.165, 1.54) is 0 Å². The summed E-state index contributed by atoms with van der Waals surface area (Å²) in [5.41, 5.74) is 6.57. The maximum absolute atomic E-state index is 11.8. The molecular weight excluding hydrogens is 240 g/mol. The van der Waals surface area contributed by atoms with Crippen molar-refractivity contribution in [2.24, 2.45) is 11.1 Å². The summed E-state index contributed by atoms with van der Waals surface area (Å²) < 4.78 is 5.08. The Balaban J connectivity index is 2.42. The molecule has 0 heterocycles. The highest BCUT2D eigenvalue weighted by Gasteiger charge is 2.17. The Labute approximate surface area is 115 Å². The summed E-state index contributed by atoms with van der Waals surface area (Å²) in [7, 11) is 1.63. The van der Waals surface area contributed by atoms with Gasteiger partial charge in [0.2, 0.25) is 5.91 Å². The molecule has 1 amide bonds. The number of benzene rings is 1. The molecule has 3 N–H and O–H groups in total. The molecule has 106 valence electrons. The Hall–Kier alpha value is -1.55. The van der Waals surface area contributed by atoms with E-state index in [9.17, 15) is 4.79 Å². The van der Waals surface area contributed by atoms with Crippen LogP contribution in [0.4, 0.5) is 0 Å². The number of carbonyl (C=O) groups excluding carboxylic acids is 1. The van der Waals surface area contributed by atoms with Crippen molar-refractivity contribution in [3.63, 3.8) is 0 Å². The van der Waals surface area contributed by atoms with Crippen molar-refractivity contribution >= 4 is 5.91 Å². The van der Waals surface area contributed by atoms with Crippen LogP contribution in [0.3, 0.4) is 0 Å². The molecular formula is C15H24N2O2. The fourth-order valence-corrected chi connectivity index (χ4v) is 1.81. The van der Waals surface area contributed by atoms with Crippen molar-refractivity contribution < 1.29 is 9.53 Å². The lowest BCUT2D eigenvalue weighted by Crippen LogP contribution is -2.36. The second kappa shape index (κ2) is 7.14. The molecule has 0 aliphatic rings. The summed E-state index contributed by atoms with van der Waals surface area (Å²) in [5.74, 6) is 0.837. The first-order valence-electron chi connectivity index (χ1n) is 6.56. The van der Waals surface area contributed by atoms with Crippen molar-refractivity contribution in [3.8, 4) is 5.75 Å². The van der Waals surface area contributed by atoms with Gasteiger partial charge < -0.3 is 15.8 Å². The molecule has 0 saturated heterocycles. The van der Waals surface area contributed by atoms with Crippen LogP contribution in [0.15, 0.2) is 24.3 Å². The average molecular weight is 264 g/mol. The van der Waals surface area contributed by atoms with Crippen molar-refractivity contribution in [1.82, 2.24) is 5.32 Å². The van der Waals surface area contributed by atoms with E-state index in [-0.39, 0.29) is 11.3 Å². The normalized spacial score (nSPS) is 11.2. The standard InChI is InChI=1S/C15H24N2O2/c1-15(2,8-9-16)11-17-14(18)10-12-4-6-13(19-3)7-5-12/h4-7H,8-11,16H2,1-3H3,(H,17,18). The van der Waals surface area contributed by atoms with Crippen molar-refractivity contribution in [2.45, 2.75) is 26.7 Å². The van der Waals surface area contributed by atoms with E-state index in [0.29, 0.717) is 19.5 Å². The molecule has 0 bridgehead atoms. The zero-order valence-corrected chi connectivity index (χ0v) is 12.0. The van der Waals surface area contributed by atoms with E-state index in [1.54, 1.807) is 7.11 Å². The molecule has 0 fully saturated rings. The molecule has 1 aromatic carbocycles. The van der Waals surface area contributed by atoms with Crippen LogP contribution >= 0.6 is 0 Å². The molecule has 1 aromatic rings. The van der Waals surface area contributed by atoms with E-state index in [0.717, 1.165) is 17.7 Å². The summed E-state index contributed by atoms with van der Waals surface area (Å²) >= 11 is 0. The Kier molecular flexibility index (Phi) is 5.83. The number of methoxy groups -OCH3 is 1. The van der Waals surface area contributed by atoms with Crippen molar-refractivity contribution in [1.29, 1.82) is 0 Å². The van der Waals surface area contributed by atoms with Gasteiger partial charge in [0.1, 0.15) is 5.75 Å². The highest BCUT2D eigenvalue weighted by molar-refractivity contribution is 5.78. The van der Waals surface area contributed by atoms with Crippen LogP contribution in [-0.4, -0.2) is 26.1 Å². The van der Waals surface area contributed by atoms with Crippen LogP contribution in [0.25, 0.3) is 0 Å². The van der Waals surface area contributed by atoms with Gasteiger partial charge >= 0.3 is 0 Å². The smallest absolute Gasteiger partial charge is 0.224 e. The largest absolute Gasteiger partial charge is 0.497 e. The minimum atomic E-state index is 0.0373. The predicted octanol–water partition coefficient (Wildman–Crippen LogP) is 1.73. The van der Waals surface area contributed by atoms with Crippen LogP contribution in [0.1, 0.15) is 25.8 Å². The number of hydrogen-bond donors (Lipinski definition) is 2. The average Bonchev–Trinajstić information content (AvgIpc) is 2.37. The van der Waals surface area contributed by atoms with E-state index in [4.69, 9.17) is 10.5 Å². The van der Waals surface area contributed by atoms with E-state index < -0.39 is 0 Å². The number of hydrogen-bond acceptors (Lipinski definition) is 3. The molecule has 4 nitrogen and oxygen atoms in total. The third-order valence-corrected chi connectivity index (χ3v) is 3.11. The van der Waals surface area contributed by atoms with Gasteiger partial charge in [0.05, 0.1) is 13.5 Å². The molecule has 1 rings (SSSR count). The molecule has 0 radical (unpaired) electrons. The maximum atomic E-state index is 11.8. The second-order valence-corrected chi connectivity index (χ2v) is 5.50. The van der Waals surface area contributed by atoms with E-state index >= 15 is 0 Å². The summed E-state index contributed by atoms with van der Waals surface area (Å²) in [6.07, 6.45) is 1.29. The lowest BCUT2D eigenvalue weighted by atomic mass is 9.89. The van der Waals surface area contributed by atoms with Gasteiger partial charge in [0, 0.05) is 6.54 Å². The lowest BCUT2D eigenvalue weighted by Gasteiger charge is -2.24. The zero-order chi connectivity index (χ0) is 14.3. The minimum absolute atomic E-state index is 0.0373. The summed E-state index contributed by atoms with van der Waals surface area (Å²) in [6.45, 7) is 5.50. The fraction of sp³-hybridized carbons (Fsp3) is 0.533. The highest BCUT2D eigenvalue weighted by atomic mass is 16.5. The molecule has 0 atom stereocenters. The molecule has 4 heteroatoms. The van der Waals surface area contributed by atoms with Gasteiger partial charge in [-0.1, -0.05) is 26.0 Å². The summed E-state index contributed by atoms with van der Waals surface area (Å²) in [5, 5.41) is 2.96. The first-order valence-corrected chi connectivity index (χ1v) is 6.56. The predicted molar refractivity (Wildman–Crippen MR) is 77.2 cm³/mol. The van der Waals surface area contributed by atoms with Gasteiger partial charge in [-0.25, -0.2) is 0 Å². The zero-order valence-electron chi connectivity index (χ0n) is 12.0. The third kappa shape index (κ3) is 5.75. The van der Waals surface area contributed by atoms with Crippen molar-refractivity contribution in [3.05, 3.63) is 29.8 Å². The molecule has 0 saturated carbocycles. The Morgan fingerprint density at radius 3 is 2.47 bits per heavy atom. The number of nitrogens with one attached hydrogen (secondary N) is 1. The Morgan fingerprint density at radius 2 is 1.95 bits per heavy atom. The SMILES string of the molecule is COc1ccc(CC(=O)NCC(C)(C)CCN)cc1. The molecule has 0 aliphatic carbocycles. The molecule has 0 unspecified atom stereocenters. The van der Waals surface area contributed by atoms with Crippen molar-refractivity contribution in [2.75, 3.05) is 20.2 Å². The molecule has 19 heavy (non-hydrogen) atoms. The van der Waals surface area contributed by atoms with Gasteiger partial charge in [-0.05, 0) is 36.1 Å². The first-order chi connectivity index (χ1) is 8.96. The van der Waals surface area contributed by atoms with Crippen LogP contribution in [0.2, 0.25) is 0 Å². The molecule has 0 aromatic heterocycles. The summed E-state index contributed by atoms with van der Waals surface area (Å²) in [6, 6.07) is 7.54. The maximum Gasteiger partial charge on any atom is 0.224 e. The van der Waals surface area contributed by atoms with E-state index in [1.807, 2.05) is 24.3 Å². The third-order valence-electron chi connectivity index (χ3n) is 3.11. The number of rotatable bonds is 7. The van der Waals surface area contributed by atoms with Gasteiger partial charge in [0.15, 0.2) is 0 Å². The number of carbonyl (C=O) groups is 1. The monoisotopic (exact) mass is 264 g/mol. The summed E-state index contributed by atoms with van der Waals surface area (Å²) in [4.78, 5) is 11.8. The molecule has 0 spiro atoms. The number of ether oxygens (including phenoxy) is 1. The van der Waals surface area contributed by atoms with Crippen LogP contribution in [0.5, 0.6) is 5.75 Å². The van der Waals surface area contributed by atoms with Crippen LogP contribution in [0, 0.1) is 5.41 Å². The highest BCUT2D eigenvalue weighted by Crippen LogP contribution is 2.17. The fourth-order valence-electron chi connectivity index (χ4n) is 1.81. The quantitative estimate of drug-likeness (QED) is 0.788. The first kappa shape index (κ1) is 15.5. The van der Waals surface area contributed by atoms with Crippen LogP contribution in [-0.2, 0) is 11.2 Å². The number of amides is 1. The number of nitrogens with two attached hydrogens (primary N) is 1.